The Morgan fingerprint density at radius 2 is 1.53 bits per heavy atom. The third kappa shape index (κ3) is 5.39. The summed E-state index contributed by atoms with van der Waals surface area (Å²) in [5.74, 6) is -0.601. The lowest BCUT2D eigenvalue weighted by Crippen LogP contribution is -2.19. The molecule has 1 heterocycles. The summed E-state index contributed by atoms with van der Waals surface area (Å²) in [4.78, 5) is 21.9. The van der Waals surface area contributed by atoms with Crippen LogP contribution >= 0.6 is 34.8 Å². The number of hydrogen-bond acceptors (Lipinski definition) is 2. The molecule has 104 valence electrons. The quantitative estimate of drug-likeness (QED) is 0.657. The molecule has 1 N–H and O–H groups in total. The van der Waals surface area contributed by atoms with Gasteiger partial charge in [-0.05, 0) is 25.0 Å². The van der Waals surface area contributed by atoms with Crippen molar-refractivity contribution in [2.75, 3.05) is 0 Å². The summed E-state index contributed by atoms with van der Waals surface area (Å²) in [5, 5.41) is 2.20. The summed E-state index contributed by atoms with van der Waals surface area (Å²) in [5.41, 5.74) is 0.940. The van der Waals surface area contributed by atoms with E-state index in [0.29, 0.717) is 17.5 Å². The number of fused-ring (bicyclic) bond motifs is 1. The van der Waals surface area contributed by atoms with Crippen LogP contribution in [0.2, 0.25) is 0 Å². The van der Waals surface area contributed by atoms with E-state index in [1.165, 1.54) is 0 Å². The molecule has 0 aliphatic carbocycles. The molecule has 0 saturated heterocycles. The van der Waals surface area contributed by atoms with Crippen molar-refractivity contribution in [3.05, 3.63) is 35.4 Å². The summed E-state index contributed by atoms with van der Waals surface area (Å²) in [6.07, 6.45) is 2.72. The monoisotopic (exact) mass is 321 g/mol. The van der Waals surface area contributed by atoms with Gasteiger partial charge in [0.2, 0.25) is 0 Å². The number of amides is 2. The third-order valence-electron chi connectivity index (χ3n) is 2.46. The Labute approximate surface area is 127 Å². The van der Waals surface area contributed by atoms with Crippen LogP contribution in [0.4, 0.5) is 0 Å². The highest BCUT2D eigenvalue weighted by Crippen LogP contribution is 2.31. The van der Waals surface area contributed by atoms with Crippen LogP contribution in [0.15, 0.2) is 24.3 Å². The van der Waals surface area contributed by atoms with Crippen molar-refractivity contribution >= 4 is 46.6 Å². The maximum atomic E-state index is 10.9. The number of carbonyl (C=O) groups excluding carboxylic acids is 2. The highest BCUT2D eigenvalue weighted by atomic mass is 35.6. The summed E-state index contributed by atoms with van der Waals surface area (Å²) in [7, 11) is 0. The second-order valence-corrected chi connectivity index (χ2v) is 6.56. The smallest absolute Gasteiger partial charge is 0.258 e. The zero-order valence-electron chi connectivity index (χ0n) is 10.4. The average molecular weight is 323 g/mol. The maximum Gasteiger partial charge on any atom is 0.258 e. The van der Waals surface area contributed by atoms with Gasteiger partial charge in [-0.1, -0.05) is 60.3 Å². The molecule has 0 atom stereocenters. The molecule has 2 amide bonds. The summed E-state index contributed by atoms with van der Waals surface area (Å²) in [6.45, 7) is 2.07. The molecule has 0 saturated carbocycles. The Hall–Kier alpha value is -0.770. The topological polar surface area (TPSA) is 46.2 Å². The Morgan fingerprint density at radius 1 is 1.05 bits per heavy atom. The van der Waals surface area contributed by atoms with Crippen molar-refractivity contribution < 1.29 is 9.59 Å². The minimum absolute atomic E-state index is 0.300. The van der Waals surface area contributed by atoms with E-state index in [1.807, 2.05) is 0 Å². The lowest BCUT2D eigenvalue weighted by Gasteiger charge is -2.07. The lowest BCUT2D eigenvalue weighted by atomic mass is 10.1. The Kier molecular flexibility index (Phi) is 6.11. The van der Waals surface area contributed by atoms with Crippen molar-refractivity contribution in [2.45, 2.75) is 30.0 Å². The standard InChI is InChI=1S/C8H5NO2.C5H9Cl3/c10-7-5-3-1-2-4-6(5)8(11)9-7;1-2-3-4-5(6,7)8/h1-4H,(H,9,10,11);2-4H2,1H3. The van der Waals surface area contributed by atoms with Gasteiger partial charge in [-0.2, -0.15) is 0 Å². The van der Waals surface area contributed by atoms with E-state index in [4.69, 9.17) is 34.8 Å². The lowest BCUT2D eigenvalue weighted by molar-refractivity contribution is 0.0879. The van der Waals surface area contributed by atoms with E-state index >= 15 is 0 Å². The molecule has 1 aromatic rings. The Balaban J connectivity index is 0.000000203. The first-order chi connectivity index (χ1) is 8.85. The summed E-state index contributed by atoms with van der Waals surface area (Å²) in [6, 6.07) is 6.74. The van der Waals surface area contributed by atoms with Crippen molar-refractivity contribution in [3.63, 3.8) is 0 Å². The predicted molar refractivity (Wildman–Crippen MR) is 78.1 cm³/mol. The van der Waals surface area contributed by atoms with Gasteiger partial charge in [-0.3, -0.25) is 14.9 Å². The highest BCUT2D eigenvalue weighted by molar-refractivity contribution is 6.67. The molecule has 1 aliphatic rings. The highest BCUT2D eigenvalue weighted by Gasteiger charge is 2.25. The number of alkyl halides is 3. The predicted octanol–water partition coefficient (Wildman–Crippen LogP) is 4.12. The van der Waals surface area contributed by atoms with Crippen LogP contribution < -0.4 is 5.32 Å². The van der Waals surface area contributed by atoms with Gasteiger partial charge < -0.3 is 0 Å². The Morgan fingerprint density at radius 3 is 1.84 bits per heavy atom. The van der Waals surface area contributed by atoms with Crippen LogP contribution in [0, 0.1) is 0 Å². The van der Waals surface area contributed by atoms with E-state index in [0.717, 1.165) is 12.8 Å². The minimum atomic E-state index is -1.03. The van der Waals surface area contributed by atoms with Crippen molar-refractivity contribution in [3.8, 4) is 0 Å². The van der Waals surface area contributed by atoms with Gasteiger partial charge in [0.25, 0.3) is 11.8 Å². The van der Waals surface area contributed by atoms with Crippen LogP contribution in [-0.2, 0) is 0 Å². The molecule has 0 bridgehead atoms. The number of imide groups is 1. The van der Waals surface area contributed by atoms with Crippen LogP contribution in [0.3, 0.4) is 0 Å². The molecule has 0 aromatic heterocycles. The fourth-order valence-corrected chi connectivity index (χ4v) is 1.90. The van der Waals surface area contributed by atoms with Gasteiger partial charge >= 0.3 is 0 Å². The molecule has 0 spiro atoms. The first-order valence-electron chi connectivity index (χ1n) is 5.86. The number of rotatable bonds is 2. The minimum Gasteiger partial charge on any atom is -0.288 e. The van der Waals surface area contributed by atoms with E-state index in [2.05, 4.69) is 12.2 Å². The van der Waals surface area contributed by atoms with Gasteiger partial charge in [-0.25, -0.2) is 0 Å². The molecule has 19 heavy (non-hydrogen) atoms. The molecule has 6 heteroatoms. The molecule has 2 rings (SSSR count). The SMILES string of the molecule is CCCCC(Cl)(Cl)Cl.O=C1NC(=O)c2ccccc21. The molecule has 0 unspecified atom stereocenters. The number of benzene rings is 1. The molecule has 1 aliphatic heterocycles. The molecular formula is C13H14Cl3NO2. The molecular weight excluding hydrogens is 309 g/mol. The first kappa shape index (κ1) is 16.3. The fourth-order valence-electron chi connectivity index (χ4n) is 1.49. The second kappa shape index (κ2) is 7.13. The van der Waals surface area contributed by atoms with Crippen LogP contribution in [0.5, 0.6) is 0 Å². The van der Waals surface area contributed by atoms with E-state index < -0.39 is 3.79 Å². The van der Waals surface area contributed by atoms with Gasteiger partial charge in [0.05, 0.1) is 11.1 Å². The number of unbranched alkanes of at least 4 members (excludes halogenated alkanes) is 1. The van der Waals surface area contributed by atoms with Gasteiger partial charge in [-0.15, -0.1) is 0 Å². The van der Waals surface area contributed by atoms with Gasteiger partial charge in [0, 0.05) is 0 Å². The average Bonchev–Trinajstić information content (AvgIpc) is 2.63. The zero-order valence-corrected chi connectivity index (χ0v) is 12.6. The van der Waals surface area contributed by atoms with E-state index in [9.17, 15) is 9.59 Å². The van der Waals surface area contributed by atoms with Crippen molar-refractivity contribution in [1.82, 2.24) is 5.32 Å². The van der Waals surface area contributed by atoms with Crippen molar-refractivity contribution in [1.29, 1.82) is 0 Å². The normalized spacial score (nSPS) is 13.5. The maximum absolute atomic E-state index is 10.9. The number of carbonyl (C=O) groups is 2. The van der Waals surface area contributed by atoms with Crippen LogP contribution in [-0.4, -0.2) is 15.6 Å². The zero-order chi connectivity index (χ0) is 14.5. The molecule has 3 nitrogen and oxygen atoms in total. The Bertz CT molecular complexity index is 436. The third-order valence-corrected chi connectivity index (χ3v) is 3.02. The van der Waals surface area contributed by atoms with E-state index in [1.54, 1.807) is 24.3 Å². The van der Waals surface area contributed by atoms with Crippen molar-refractivity contribution in [2.24, 2.45) is 0 Å². The molecule has 0 radical (unpaired) electrons. The first-order valence-corrected chi connectivity index (χ1v) is 7.00. The van der Waals surface area contributed by atoms with Gasteiger partial charge in [0.15, 0.2) is 3.79 Å². The largest absolute Gasteiger partial charge is 0.288 e. The second-order valence-electron chi connectivity index (χ2n) is 4.05. The van der Waals surface area contributed by atoms with E-state index in [-0.39, 0.29) is 11.8 Å². The van der Waals surface area contributed by atoms with Gasteiger partial charge in [0.1, 0.15) is 0 Å². The van der Waals surface area contributed by atoms with Crippen LogP contribution in [0.25, 0.3) is 0 Å². The number of halogens is 3. The number of nitrogens with one attached hydrogen (secondary N) is 1. The van der Waals surface area contributed by atoms with Crippen LogP contribution in [0.1, 0.15) is 46.9 Å². The number of hydrogen-bond donors (Lipinski definition) is 1. The fraction of sp³-hybridized carbons (Fsp3) is 0.385. The molecule has 1 aromatic carbocycles. The molecule has 0 fully saturated rings. The summed E-state index contributed by atoms with van der Waals surface area (Å²) >= 11 is 16.3. The summed E-state index contributed by atoms with van der Waals surface area (Å²) < 4.78 is -1.03.